The number of imidazole rings is 1. The van der Waals surface area contributed by atoms with Crippen LogP contribution in [0.2, 0.25) is 0 Å². The zero-order valence-corrected chi connectivity index (χ0v) is 9.75. The second-order valence-corrected chi connectivity index (χ2v) is 3.06. The van der Waals surface area contributed by atoms with Crippen molar-refractivity contribution in [1.29, 1.82) is 0 Å². The van der Waals surface area contributed by atoms with E-state index in [2.05, 4.69) is 9.72 Å². The minimum Gasteiger partial charge on any atom is -0.404 e. The Bertz CT molecular complexity index is 491. The number of nitrogens with zero attached hydrogens (tertiary/aromatic N) is 2. The fourth-order valence-corrected chi connectivity index (χ4v) is 1.29. The van der Waals surface area contributed by atoms with Crippen LogP contribution in [0.25, 0.3) is 5.65 Å². The van der Waals surface area contributed by atoms with Gasteiger partial charge >= 0.3 is 6.36 Å². The molecule has 17 heavy (non-hydrogen) atoms. The summed E-state index contributed by atoms with van der Waals surface area (Å²) in [6.07, 6.45) is -1.80. The predicted octanol–water partition coefficient (Wildman–Crippen LogP) is 3.57. The van der Waals surface area contributed by atoms with Crippen molar-refractivity contribution >= 4 is 5.65 Å². The highest BCUT2D eigenvalue weighted by atomic mass is 19.4. The molecule has 0 radical (unpaired) electrons. The van der Waals surface area contributed by atoms with Crippen LogP contribution < -0.4 is 4.74 Å². The fourth-order valence-electron chi connectivity index (χ4n) is 1.29. The Balaban J connectivity index is 0.000000686. The first-order valence-corrected chi connectivity index (χ1v) is 5.15. The molecule has 2 heterocycles. The lowest BCUT2D eigenvalue weighted by Gasteiger charge is -2.08. The molecule has 0 amide bonds. The van der Waals surface area contributed by atoms with Crippen molar-refractivity contribution in [2.24, 2.45) is 0 Å². The third-order valence-electron chi connectivity index (χ3n) is 1.78. The molecule has 0 atom stereocenters. The second kappa shape index (κ2) is 5.07. The van der Waals surface area contributed by atoms with Crippen LogP contribution in [0.15, 0.2) is 24.5 Å². The summed E-state index contributed by atoms with van der Waals surface area (Å²) in [5, 5.41) is 0. The summed E-state index contributed by atoms with van der Waals surface area (Å²) in [5.41, 5.74) is 1.32. The SMILES string of the molecule is CC.Cc1cn2cc(OC(F)(F)F)ccc2n1. The lowest BCUT2D eigenvalue weighted by atomic mass is 10.4. The average Bonchev–Trinajstić information content (AvgIpc) is 2.58. The summed E-state index contributed by atoms with van der Waals surface area (Å²) >= 11 is 0. The molecule has 0 unspecified atom stereocenters. The van der Waals surface area contributed by atoms with E-state index in [1.54, 1.807) is 13.1 Å². The highest BCUT2D eigenvalue weighted by Gasteiger charge is 2.31. The first-order chi connectivity index (χ1) is 7.94. The van der Waals surface area contributed by atoms with Gasteiger partial charge < -0.3 is 9.14 Å². The summed E-state index contributed by atoms with van der Waals surface area (Å²) < 4.78 is 41.0. The smallest absolute Gasteiger partial charge is 0.404 e. The summed E-state index contributed by atoms with van der Waals surface area (Å²) in [6, 6.07) is 2.70. The second-order valence-electron chi connectivity index (χ2n) is 3.06. The molecule has 0 saturated heterocycles. The molecule has 2 aromatic heterocycles. The standard InChI is InChI=1S/C9H7F3N2O.C2H6/c1-6-4-14-5-7(15-9(10,11)12)2-3-8(14)13-6;1-2/h2-5H,1H3;1-2H3. The topological polar surface area (TPSA) is 26.5 Å². The maximum atomic E-state index is 11.9. The van der Waals surface area contributed by atoms with Gasteiger partial charge in [0.1, 0.15) is 11.4 Å². The van der Waals surface area contributed by atoms with Crippen molar-refractivity contribution in [3.05, 3.63) is 30.2 Å². The van der Waals surface area contributed by atoms with Gasteiger partial charge in [-0.1, -0.05) is 13.8 Å². The van der Waals surface area contributed by atoms with Crippen molar-refractivity contribution in [2.75, 3.05) is 0 Å². The Labute approximate surface area is 96.8 Å². The maximum absolute atomic E-state index is 11.9. The number of halogens is 3. The highest BCUT2D eigenvalue weighted by Crippen LogP contribution is 2.22. The van der Waals surface area contributed by atoms with Gasteiger partial charge in [0.05, 0.1) is 11.9 Å². The molecule has 0 bridgehead atoms. The maximum Gasteiger partial charge on any atom is 0.573 e. The van der Waals surface area contributed by atoms with Gasteiger partial charge in [0.25, 0.3) is 0 Å². The van der Waals surface area contributed by atoms with E-state index in [4.69, 9.17) is 0 Å². The normalized spacial score (nSPS) is 10.9. The fraction of sp³-hybridized carbons (Fsp3) is 0.364. The van der Waals surface area contributed by atoms with E-state index < -0.39 is 6.36 Å². The number of hydrogen-bond acceptors (Lipinski definition) is 2. The molecular weight excluding hydrogens is 233 g/mol. The van der Waals surface area contributed by atoms with Crippen molar-refractivity contribution in [3.63, 3.8) is 0 Å². The number of rotatable bonds is 1. The van der Waals surface area contributed by atoms with Gasteiger partial charge in [0.15, 0.2) is 0 Å². The van der Waals surface area contributed by atoms with Crippen molar-refractivity contribution in [1.82, 2.24) is 9.38 Å². The first kappa shape index (κ1) is 13.3. The zero-order chi connectivity index (χ0) is 13.1. The summed E-state index contributed by atoms with van der Waals surface area (Å²) in [6.45, 7) is 5.76. The number of pyridine rings is 1. The van der Waals surface area contributed by atoms with Crippen molar-refractivity contribution in [3.8, 4) is 5.75 Å². The monoisotopic (exact) mass is 246 g/mol. The van der Waals surface area contributed by atoms with Crippen LogP contribution in [0.3, 0.4) is 0 Å². The number of aromatic nitrogens is 2. The van der Waals surface area contributed by atoms with Crippen molar-refractivity contribution in [2.45, 2.75) is 27.1 Å². The van der Waals surface area contributed by atoms with E-state index in [9.17, 15) is 13.2 Å². The minimum atomic E-state index is -4.66. The molecule has 0 aliphatic carbocycles. The van der Waals surface area contributed by atoms with Crippen LogP contribution in [0.5, 0.6) is 5.75 Å². The molecule has 0 aromatic carbocycles. The zero-order valence-electron chi connectivity index (χ0n) is 9.75. The summed E-state index contributed by atoms with van der Waals surface area (Å²) in [7, 11) is 0. The van der Waals surface area contributed by atoms with Crippen LogP contribution in [0, 0.1) is 6.92 Å². The van der Waals surface area contributed by atoms with E-state index in [1.165, 1.54) is 22.7 Å². The molecule has 2 rings (SSSR count). The van der Waals surface area contributed by atoms with Gasteiger partial charge in [-0.05, 0) is 19.1 Å². The molecule has 0 aliphatic rings. The lowest BCUT2D eigenvalue weighted by Crippen LogP contribution is -2.17. The Morgan fingerprint density at radius 2 is 1.82 bits per heavy atom. The number of hydrogen-bond donors (Lipinski definition) is 0. The summed E-state index contributed by atoms with van der Waals surface area (Å²) in [5.74, 6) is -0.257. The van der Waals surface area contributed by atoms with Crippen LogP contribution in [-0.2, 0) is 0 Å². The van der Waals surface area contributed by atoms with E-state index in [-0.39, 0.29) is 5.75 Å². The molecule has 0 N–H and O–H groups in total. The van der Waals surface area contributed by atoms with Gasteiger partial charge in [-0.15, -0.1) is 13.2 Å². The van der Waals surface area contributed by atoms with Gasteiger partial charge in [-0.3, -0.25) is 0 Å². The molecule has 3 nitrogen and oxygen atoms in total. The number of fused-ring (bicyclic) bond motifs is 1. The Morgan fingerprint density at radius 3 is 2.41 bits per heavy atom. The van der Waals surface area contributed by atoms with E-state index in [0.29, 0.717) is 5.65 Å². The van der Waals surface area contributed by atoms with Gasteiger partial charge in [0.2, 0.25) is 0 Å². The minimum absolute atomic E-state index is 0.257. The number of ether oxygens (including phenoxy) is 1. The third kappa shape index (κ3) is 3.65. The Kier molecular flexibility index (Phi) is 3.98. The van der Waals surface area contributed by atoms with Crippen LogP contribution in [0.1, 0.15) is 19.5 Å². The van der Waals surface area contributed by atoms with Gasteiger partial charge in [-0.25, -0.2) is 4.98 Å². The first-order valence-electron chi connectivity index (χ1n) is 5.15. The van der Waals surface area contributed by atoms with Gasteiger partial charge in [-0.2, -0.15) is 0 Å². The van der Waals surface area contributed by atoms with E-state index in [1.807, 2.05) is 13.8 Å². The van der Waals surface area contributed by atoms with Crippen molar-refractivity contribution < 1.29 is 17.9 Å². The lowest BCUT2D eigenvalue weighted by molar-refractivity contribution is -0.274. The van der Waals surface area contributed by atoms with E-state index in [0.717, 1.165) is 5.69 Å². The van der Waals surface area contributed by atoms with Gasteiger partial charge in [0, 0.05) is 6.20 Å². The third-order valence-corrected chi connectivity index (χ3v) is 1.78. The molecule has 0 aliphatic heterocycles. The van der Waals surface area contributed by atoms with E-state index >= 15 is 0 Å². The Hall–Kier alpha value is -1.72. The Morgan fingerprint density at radius 1 is 1.18 bits per heavy atom. The van der Waals surface area contributed by atoms with Crippen LogP contribution in [0.4, 0.5) is 13.2 Å². The molecule has 0 saturated carbocycles. The predicted molar refractivity (Wildman–Crippen MR) is 58.0 cm³/mol. The largest absolute Gasteiger partial charge is 0.573 e. The average molecular weight is 246 g/mol. The van der Waals surface area contributed by atoms with Crippen LogP contribution >= 0.6 is 0 Å². The number of aryl methyl sites for hydroxylation is 1. The highest BCUT2D eigenvalue weighted by molar-refractivity contribution is 5.42. The molecule has 2 aromatic rings. The summed E-state index contributed by atoms with van der Waals surface area (Å²) in [4.78, 5) is 4.08. The quantitative estimate of drug-likeness (QED) is 0.769. The molecular formula is C11H13F3N2O. The molecule has 6 heteroatoms. The molecule has 0 spiro atoms. The van der Waals surface area contributed by atoms with Crippen LogP contribution in [-0.4, -0.2) is 15.7 Å². The molecule has 94 valence electrons. The molecule has 0 fully saturated rings. The number of alkyl halides is 3.